The first-order valence-corrected chi connectivity index (χ1v) is 8.22. The molecule has 1 aliphatic heterocycles. The average Bonchev–Trinajstić information content (AvgIpc) is 2.71. The Bertz CT molecular complexity index is 713. The predicted molar refractivity (Wildman–Crippen MR) is 92.0 cm³/mol. The number of rotatable bonds is 3. The number of benzene rings is 1. The summed E-state index contributed by atoms with van der Waals surface area (Å²) in [5.41, 5.74) is 5.11. The maximum Gasteiger partial charge on any atom is 0.268 e. The summed E-state index contributed by atoms with van der Waals surface area (Å²) in [5, 5.41) is 7.50. The van der Waals surface area contributed by atoms with Gasteiger partial charge in [0.15, 0.2) is 0 Å². The van der Waals surface area contributed by atoms with Crippen LogP contribution in [0.4, 0.5) is 0 Å². The van der Waals surface area contributed by atoms with Crippen molar-refractivity contribution in [3.8, 4) is 0 Å². The number of aryl methyl sites for hydroxylation is 3. The highest BCUT2D eigenvalue weighted by Gasteiger charge is 2.18. The van der Waals surface area contributed by atoms with Gasteiger partial charge in [-0.25, -0.2) is 0 Å². The number of hydrogen-bond donors (Lipinski definition) is 3. The number of carbonyl (C=O) groups excluding carboxylic acids is 1. The van der Waals surface area contributed by atoms with Crippen LogP contribution in [0.15, 0.2) is 12.1 Å². The van der Waals surface area contributed by atoms with Crippen LogP contribution >= 0.6 is 0 Å². The topological polar surface area (TPSA) is 66.2 Å². The van der Waals surface area contributed by atoms with Gasteiger partial charge < -0.3 is 20.4 Å². The van der Waals surface area contributed by atoms with Gasteiger partial charge in [0, 0.05) is 36.5 Å². The first-order chi connectivity index (χ1) is 11.1. The quantitative estimate of drug-likeness (QED) is 0.812. The molecule has 2 aromatic rings. The molecule has 5 nitrogen and oxygen atoms in total. The van der Waals surface area contributed by atoms with Gasteiger partial charge in [0.1, 0.15) is 5.69 Å². The Labute approximate surface area is 136 Å². The zero-order chi connectivity index (χ0) is 16.4. The number of aromatic nitrogens is 1. The van der Waals surface area contributed by atoms with E-state index < -0.39 is 0 Å². The smallest absolute Gasteiger partial charge is 0.268 e. The summed E-state index contributed by atoms with van der Waals surface area (Å²) in [5.74, 6) is 0.273. The minimum Gasteiger partial charge on any atom is -0.380 e. The van der Waals surface area contributed by atoms with Gasteiger partial charge in [-0.05, 0) is 38.0 Å². The highest BCUT2D eigenvalue weighted by Crippen LogP contribution is 2.25. The molecule has 0 bridgehead atoms. The van der Waals surface area contributed by atoms with E-state index in [4.69, 9.17) is 4.74 Å². The van der Waals surface area contributed by atoms with Gasteiger partial charge in [-0.2, -0.15) is 0 Å². The summed E-state index contributed by atoms with van der Waals surface area (Å²) in [6.07, 6.45) is 0. The lowest BCUT2D eigenvalue weighted by Gasteiger charge is -2.14. The standard InChI is InChI=1S/C18H25N3O2/c1-11-6-12(2)16-15(7-11)13(3)17(21-16)18(22)20-9-14-8-19-4-5-23-10-14/h6-7,14,19,21H,4-5,8-10H2,1-3H3,(H,20,22). The number of carbonyl (C=O) groups is 1. The van der Waals surface area contributed by atoms with Crippen LogP contribution in [0.1, 0.15) is 27.2 Å². The van der Waals surface area contributed by atoms with Crippen molar-refractivity contribution in [3.05, 3.63) is 34.5 Å². The molecule has 5 heteroatoms. The van der Waals surface area contributed by atoms with Gasteiger partial charge in [-0.1, -0.05) is 11.6 Å². The Morgan fingerprint density at radius 1 is 1.35 bits per heavy atom. The van der Waals surface area contributed by atoms with Crippen molar-refractivity contribution >= 4 is 16.8 Å². The molecule has 1 unspecified atom stereocenters. The molecule has 2 heterocycles. The fourth-order valence-electron chi connectivity index (χ4n) is 3.23. The van der Waals surface area contributed by atoms with Crippen LogP contribution in [0.25, 0.3) is 10.9 Å². The van der Waals surface area contributed by atoms with E-state index in [0.29, 0.717) is 24.8 Å². The Hall–Kier alpha value is -1.85. The van der Waals surface area contributed by atoms with Crippen LogP contribution < -0.4 is 10.6 Å². The normalized spacial score (nSPS) is 18.8. The van der Waals surface area contributed by atoms with E-state index in [1.165, 1.54) is 11.1 Å². The molecule has 1 atom stereocenters. The van der Waals surface area contributed by atoms with E-state index in [1.807, 2.05) is 6.92 Å². The molecule has 1 saturated heterocycles. The predicted octanol–water partition coefficient (Wildman–Crippen LogP) is 2.06. The second-order valence-corrected chi connectivity index (χ2v) is 6.48. The van der Waals surface area contributed by atoms with Crippen molar-refractivity contribution in [1.82, 2.24) is 15.6 Å². The summed E-state index contributed by atoms with van der Waals surface area (Å²) < 4.78 is 5.52. The lowest BCUT2D eigenvalue weighted by atomic mass is 10.1. The van der Waals surface area contributed by atoms with Crippen LogP contribution in [-0.4, -0.2) is 43.7 Å². The largest absolute Gasteiger partial charge is 0.380 e. The number of amides is 1. The van der Waals surface area contributed by atoms with E-state index in [-0.39, 0.29) is 5.91 Å². The van der Waals surface area contributed by atoms with Crippen molar-refractivity contribution in [1.29, 1.82) is 0 Å². The SMILES string of the molecule is Cc1cc(C)c2[nH]c(C(=O)NCC3CNCCOC3)c(C)c2c1. The van der Waals surface area contributed by atoms with Crippen LogP contribution in [0.3, 0.4) is 0 Å². The molecular formula is C18H25N3O2. The Balaban J connectivity index is 1.75. The first-order valence-electron chi connectivity index (χ1n) is 8.22. The van der Waals surface area contributed by atoms with E-state index >= 15 is 0 Å². The number of aromatic amines is 1. The summed E-state index contributed by atoms with van der Waals surface area (Å²) in [6.45, 7) is 9.97. The Morgan fingerprint density at radius 2 is 2.17 bits per heavy atom. The van der Waals surface area contributed by atoms with Gasteiger partial charge in [-0.3, -0.25) is 4.79 Å². The van der Waals surface area contributed by atoms with Crippen LogP contribution in [-0.2, 0) is 4.74 Å². The zero-order valence-corrected chi connectivity index (χ0v) is 14.1. The molecular weight excluding hydrogens is 290 g/mol. The molecule has 1 aromatic heterocycles. The van der Waals surface area contributed by atoms with Crippen LogP contribution in [0.5, 0.6) is 0 Å². The number of fused-ring (bicyclic) bond motifs is 1. The van der Waals surface area contributed by atoms with E-state index in [1.54, 1.807) is 0 Å². The first kappa shape index (κ1) is 16.0. The molecule has 3 N–H and O–H groups in total. The number of ether oxygens (including phenoxy) is 1. The number of nitrogens with one attached hydrogen (secondary N) is 3. The molecule has 1 amide bonds. The molecule has 0 spiro atoms. The highest BCUT2D eigenvalue weighted by atomic mass is 16.5. The monoisotopic (exact) mass is 315 g/mol. The fourth-order valence-corrected chi connectivity index (χ4v) is 3.23. The minimum absolute atomic E-state index is 0.0417. The average molecular weight is 315 g/mol. The molecule has 0 radical (unpaired) electrons. The van der Waals surface area contributed by atoms with Crippen molar-refractivity contribution in [2.75, 3.05) is 32.8 Å². The molecule has 3 rings (SSSR count). The number of hydrogen-bond acceptors (Lipinski definition) is 3. The number of H-pyrrole nitrogens is 1. The molecule has 124 valence electrons. The van der Waals surface area contributed by atoms with Crippen LogP contribution in [0, 0.1) is 26.7 Å². The minimum atomic E-state index is -0.0417. The van der Waals surface area contributed by atoms with Crippen LogP contribution in [0.2, 0.25) is 0 Å². The third-order valence-corrected chi connectivity index (χ3v) is 4.50. The molecule has 0 saturated carbocycles. The van der Waals surface area contributed by atoms with Crippen molar-refractivity contribution in [3.63, 3.8) is 0 Å². The summed E-state index contributed by atoms with van der Waals surface area (Å²) in [4.78, 5) is 15.9. The second-order valence-electron chi connectivity index (χ2n) is 6.48. The summed E-state index contributed by atoms with van der Waals surface area (Å²) >= 11 is 0. The Kier molecular flexibility index (Phi) is 4.68. The van der Waals surface area contributed by atoms with Crippen molar-refractivity contribution in [2.24, 2.45) is 5.92 Å². The van der Waals surface area contributed by atoms with Gasteiger partial charge in [-0.15, -0.1) is 0 Å². The van der Waals surface area contributed by atoms with Gasteiger partial charge in [0.25, 0.3) is 5.91 Å². The van der Waals surface area contributed by atoms with Gasteiger partial charge in [0.2, 0.25) is 0 Å². The van der Waals surface area contributed by atoms with E-state index in [9.17, 15) is 4.79 Å². The fraction of sp³-hybridized carbons (Fsp3) is 0.500. The molecule has 23 heavy (non-hydrogen) atoms. The lowest BCUT2D eigenvalue weighted by Crippen LogP contribution is -2.35. The van der Waals surface area contributed by atoms with Gasteiger partial charge in [0.05, 0.1) is 13.2 Å². The van der Waals surface area contributed by atoms with E-state index in [0.717, 1.165) is 36.2 Å². The molecule has 1 aromatic carbocycles. The maximum absolute atomic E-state index is 12.6. The third-order valence-electron chi connectivity index (χ3n) is 4.50. The molecule has 1 aliphatic rings. The van der Waals surface area contributed by atoms with Gasteiger partial charge >= 0.3 is 0 Å². The molecule has 0 aliphatic carbocycles. The maximum atomic E-state index is 12.6. The Morgan fingerprint density at radius 3 is 3.00 bits per heavy atom. The second kappa shape index (κ2) is 6.72. The highest BCUT2D eigenvalue weighted by molar-refractivity contribution is 6.01. The van der Waals surface area contributed by atoms with Crippen molar-refractivity contribution in [2.45, 2.75) is 20.8 Å². The lowest BCUT2D eigenvalue weighted by molar-refractivity contribution is 0.0917. The third kappa shape index (κ3) is 3.41. The zero-order valence-electron chi connectivity index (χ0n) is 14.1. The van der Waals surface area contributed by atoms with Crippen molar-refractivity contribution < 1.29 is 9.53 Å². The van der Waals surface area contributed by atoms with E-state index in [2.05, 4.69) is 41.6 Å². The molecule has 1 fully saturated rings. The summed E-state index contributed by atoms with van der Waals surface area (Å²) in [7, 11) is 0. The summed E-state index contributed by atoms with van der Waals surface area (Å²) in [6, 6.07) is 4.27.